The van der Waals surface area contributed by atoms with Crippen molar-refractivity contribution in [3.8, 4) is 0 Å². The third-order valence-corrected chi connectivity index (χ3v) is 4.79. The Kier molecular flexibility index (Phi) is 3.76. The van der Waals surface area contributed by atoms with Gasteiger partial charge in [0, 0.05) is 25.5 Å². The summed E-state index contributed by atoms with van der Waals surface area (Å²) in [6.45, 7) is 3.09. The molecule has 8 nitrogen and oxygen atoms in total. The lowest BCUT2D eigenvalue weighted by Gasteiger charge is -2.38. The first-order valence-corrected chi connectivity index (χ1v) is 8.20. The highest BCUT2D eigenvalue weighted by atomic mass is 16.5. The van der Waals surface area contributed by atoms with E-state index >= 15 is 0 Å². The van der Waals surface area contributed by atoms with Gasteiger partial charge >= 0.3 is 0 Å². The second-order valence-electron chi connectivity index (χ2n) is 6.37. The van der Waals surface area contributed by atoms with Gasteiger partial charge in [0.2, 0.25) is 5.82 Å². The molecule has 2 aliphatic rings. The monoisotopic (exact) mass is 329 g/mol. The van der Waals surface area contributed by atoms with E-state index in [0.29, 0.717) is 24.8 Å². The van der Waals surface area contributed by atoms with Crippen molar-refractivity contribution in [2.45, 2.75) is 44.3 Å². The standard InChI is InChI=1S/C16H19N5O3/c1-11-19-14(24-20-11)12-3-4-16(23-12)5-9-21(10-6-16)15(22)13-17-7-2-8-18-13/h2,7-8,12H,3-6,9-10H2,1H3/t12-/m1/s1. The Morgan fingerprint density at radius 2 is 2.00 bits per heavy atom. The van der Waals surface area contributed by atoms with E-state index in [2.05, 4.69) is 20.1 Å². The Labute approximate surface area is 139 Å². The second kappa shape index (κ2) is 5.94. The van der Waals surface area contributed by atoms with E-state index < -0.39 is 0 Å². The van der Waals surface area contributed by atoms with Crippen molar-refractivity contribution in [2.24, 2.45) is 0 Å². The molecule has 1 atom stereocenters. The highest BCUT2D eigenvalue weighted by Gasteiger charge is 2.45. The molecule has 2 saturated heterocycles. The van der Waals surface area contributed by atoms with Crippen LogP contribution in [0.3, 0.4) is 0 Å². The smallest absolute Gasteiger partial charge is 0.291 e. The number of likely N-dealkylation sites (tertiary alicyclic amines) is 1. The number of carbonyl (C=O) groups excluding carboxylic acids is 1. The van der Waals surface area contributed by atoms with Crippen molar-refractivity contribution >= 4 is 5.91 Å². The van der Waals surface area contributed by atoms with E-state index in [9.17, 15) is 4.79 Å². The van der Waals surface area contributed by atoms with Gasteiger partial charge in [-0.3, -0.25) is 4.79 Å². The Balaban J connectivity index is 1.39. The third kappa shape index (κ3) is 2.77. The van der Waals surface area contributed by atoms with Gasteiger partial charge in [-0.05, 0) is 38.7 Å². The molecular formula is C16H19N5O3. The Hall–Kier alpha value is -2.35. The Bertz CT molecular complexity index is 724. The molecule has 2 fully saturated rings. The fourth-order valence-corrected chi connectivity index (χ4v) is 3.47. The molecule has 2 aromatic rings. The maximum Gasteiger partial charge on any atom is 0.291 e. The molecule has 1 spiro atoms. The average Bonchev–Trinajstić information content (AvgIpc) is 3.23. The van der Waals surface area contributed by atoms with Crippen LogP contribution >= 0.6 is 0 Å². The number of aryl methyl sites for hydroxylation is 1. The fourth-order valence-electron chi connectivity index (χ4n) is 3.47. The van der Waals surface area contributed by atoms with Crippen LogP contribution in [-0.2, 0) is 4.74 Å². The summed E-state index contributed by atoms with van der Waals surface area (Å²) in [5, 5.41) is 3.83. The van der Waals surface area contributed by atoms with E-state index in [0.717, 1.165) is 25.7 Å². The number of piperidine rings is 1. The number of hydrogen-bond acceptors (Lipinski definition) is 7. The normalized spacial score (nSPS) is 22.9. The summed E-state index contributed by atoms with van der Waals surface area (Å²) in [6.07, 6.45) is 6.46. The van der Waals surface area contributed by atoms with Gasteiger partial charge in [-0.25, -0.2) is 9.97 Å². The minimum Gasteiger partial charge on any atom is -0.362 e. The van der Waals surface area contributed by atoms with Crippen LogP contribution in [0.2, 0.25) is 0 Å². The molecule has 0 unspecified atom stereocenters. The number of aromatic nitrogens is 4. The minimum atomic E-state index is -0.193. The molecule has 1 amide bonds. The number of amides is 1. The quantitative estimate of drug-likeness (QED) is 0.827. The van der Waals surface area contributed by atoms with Crippen molar-refractivity contribution in [3.05, 3.63) is 36.0 Å². The first-order valence-electron chi connectivity index (χ1n) is 8.20. The molecular weight excluding hydrogens is 310 g/mol. The largest absolute Gasteiger partial charge is 0.362 e. The van der Waals surface area contributed by atoms with Crippen molar-refractivity contribution in [1.82, 2.24) is 25.0 Å². The Morgan fingerprint density at radius 3 is 2.67 bits per heavy atom. The van der Waals surface area contributed by atoms with Gasteiger partial charge in [0.25, 0.3) is 11.8 Å². The zero-order valence-corrected chi connectivity index (χ0v) is 13.5. The van der Waals surface area contributed by atoms with Gasteiger partial charge in [0.15, 0.2) is 5.82 Å². The number of hydrogen-bond donors (Lipinski definition) is 0. The number of carbonyl (C=O) groups is 1. The molecule has 0 aromatic carbocycles. The van der Waals surface area contributed by atoms with E-state index in [-0.39, 0.29) is 23.4 Å². The molecule has 2 aromatic heterocycles. The van der Waals surface area contributed by atoms with Crippen molar-refractivity contribution < 1.29 is 14.1 Å². The molecule has 2 aliphatic heterocycles. The maximum absolute atomic E-state index is 12.4. The summed E-state index contributed by atoms with van der Waals surface area (Å²) >= 11 is 0. The molecule has 0 N–H and O–H groups in total. The van der Waals surface area contributed by atoms with E-state index in [1.54, 1.807) is 30.3 Å². The van der Waals surface area contributed by atoms with Crippen molar-refractivity contribution in [3.63, 3.8) is 0 Å². The predicted octanol–water partition coefficient (Wildman–Crippen LogP) is 1.69. The van der Waals surface area contributed by atoms with Crippen LogP contribution in [0.1, 0.15) is 54.1 Å². The van der Waals surface area contributed by atoms with Gasteiger partial charge in [0.1, 0.15) is 6.10 Å². The number of ether oxygens (including phenoxy) is 1. The molecule has 24 heavy (non-hydrogen) atoms. The lowest BCUT2D eigenvalue weighted by atomic mass is 9.88. The molecule has 0 aliphatic carbocycles. The van der Waals surface area contributed by atoms with Gasteiger partial charge in [-0.15, -0.1) is 0 Å². The summed E-state index contributed by atoms with van der Waals surface area (Å²) in [6, 6.07) is 1.70. The summed E-state index contributed by atoms with van der Waals surface area (Å²) in [5.41, 5.74) is -0.193. The molecule has 4 heterocycles. The third-order valence-electron chi connectivity index (χ3n) is 4.79. The van der Waals surface area contributed by atoms with Crippen molar-refractivity contribution in [2.75, 3.05) is 13.1 Å². The lowest BCUT2D eigenvalue weighted by Crippen LogP contribution is -2.46. The highest BCUT2D eigenvalue weighted by Crippen LogP contribution is 2.44. The number of nitrogens with zero attached hydrogens (tertiary/aromatic N) is 5. The lowest BCUT2D eigenvalue weighted by molar-refractivity contribution is -0.0821. The van der Waals surface area contributed by atoms with Gasteiger partial charge in [-0.2, -0.15) is 4.98 Å². The van der Waals surface area contributed by atoms with E-state index in [1.165, 1.54) is 0 Å². The van der Waals surface area contributed by atoms with Crippen LogP contribution in [0, 0.1) is 6.92 Å². The van der Waals surface area contributed by atoms with Crippen molar-refractivity contribution in [1.29, 1.82) is 0 Å². The number of rotatable bonds is 2. The van der Waals surface area contributed by atoms with Crippen LogP contribution in [0.5, 0.6) is 0 Å². The second-order valence-corrected chi connectivity index (χ2v) is 6.37. The summed E-state index contributed by atoms with van der Waals surface area (Å²) < 4.78 is 11.5. The van der Waals surface area contributed by atoms with Crippen LogP contribution in [-0.4, -0.2) is 49.6 Å². The van der Waals surface area contributed by atoms with E-state index in [4.69, 9.17) is 9.26 Å². The molecule has 4 rings (SSSR count). The van der Waals surface area contributed by atoms with Crippen LogP contribution in [0.25, 0.3) is 0 Å². The summed E-state index contributed by atoms with van der Waals surface area (Å²) in [4.78, 5) is 26.6. The molecule has 8 heteroatoms. The summed E-state index contributed by atoms with van der Waals surface area (Å²) in [5.74, 6) is 1.31. The first kappa shape index (κ1) is 15.2. The molecule has 0 radical (unpaired) electrons. The zero-order chi connectivity index (χ0) is 16.6. The van der Waals surface area contributed by atoms with Gasteiger partial charge in [-0.1, -0.05) is 5.16 Å². The first-order chi connectivity index (χ1) is 11.7. The minimum absolute atomic E-state index is 0.118. The van der Waals surface area contributed by atoms with Crippen LogP contribution in [0.4, 0.5) is 0 Å². The fraction of sp³-hybridized carbons (Fsp3) is 0.562. The van der Waals surface area contributed by atoms with E-state index in [1.807, 2.05) is 0 Å². The van der Waals surface area contributed by atoms with Gasteiger partial charge in [0.05, 0.1) is 5.60 Å². The maximum atomic E-state index is 12.4. The molecule has 0 saturated carbocycles. The Morgan fingerprint density at radius 1 is 1.25 bits per heavy atom. The van der Waals surface area contributed by atoms with Gasteiger partial charge < -0.3 is 14.2 Å². The highest BCUT2D eigenvalue weighted by molar-refractivity contribution is 5.90. The zero-order valence-electron chi connectivity index (χ0n) is 13.5. The summed E-state index contributed by atoms with van der Waals surface area (Å²) in [7, 11) is 0. The van der Waals surface area contributed by atoms with Crippen LogP contribution in [0.15, 0.2) is 23.0 Å². The molecule has 0 bridgehead atoms. The average molecular weight is 329 g/mol. The molecule has 126 valence electrons. The predicted molar refractivity (Wildman–Crippen MR) is 82.0 cm³/mol. The topological polar surface area (TPSA) is 94.2 Å². The SMILES string of the molecule is Cc1noc([C@H]2CCC3(CCN(C(=O)c4ncccn4)CC3)O2)n1. The van der Waals surface area contributed by atoms with Crippen LogP contribution < -0.4 is 0 Å².